The standard InChI is InChI=1S/3C23H23FN4O2S.C23H24N4O2S/c1-16-10-17(15-28(16)31(29,30)22-5-3-21(24)4-6-22)14-27-9-8-19-11-18(2-7-23(19)27)20-12-25-26-13-20;2*1-16-9-17(15-28(16)31(29,30)22-4-2-3-21(24)11-22)14-27-8-7-19-10-18(5-6-23(19)27)20-12-25-26-13-20;1-17-11-18(16-27(17)30(28,29)22-5-3-2-4-6-22)15-26-10-9-20-12-19(7-8-23(20)26)21-13-24-25-14-21/h2-9,11-13,16-17H,10,14-15H2,1H3,(H,25,26);2*2-8,10-13,16-17H,9,14-15H2,1H3,(H,25,26);2-10,12-14,17-18H,11,15-16H2,1H3,(H,24,25)/t3*16-,17?;17-,18?/m1100/s1. The molecule has 0 amide bonds. The summed E-state index contributed by atoms with van der Waals surface area (Å²) in [5, 5.41) is 32.0. The van der Waals surface area contributed by atoms with Crippen LogP contribution in [0.1, 0.15) is 53.4 Å². The molecule has 24 nitrogen and oxygen atoms in total. The zero-order chi connectivity index (χ0) is 85.5. The second kappa shape index (κ2) is 34.8. The van der Waals surface area contributed by atoms with E-state index >= 15 is 0 Å². The molecule has 4 unspecified atom stereocenters. The number of hydrogen-bond donors (Lipinski definition) is 4. The monoisotopic (exact) mass is 1730 g/mol. The molecule has 4 aliphatic heterocycles. The fourth-order valence-electron chi connectivity index (χ4n) is 18.2. The van der Waals surface area contributed by atoms with Crippen LogP contribution in [-0.2, 0) is 66.3 Å². The van der Waals surface area contributed by atoms with E-state index in [0.717, 1.165) is 141 Å². The van der Waals surface area contributed by atoms with Gasteiger partial charge in [0.15, 0.2) is 0 Å². The number of aromatic amines is 4. The lowest BCUT2D eigenvalue weighted by Gasteiger charge is -2.21. The van der Waals surface area contributed by atoms with Crippen molar-refractivity contribution >= 4 is 83.7 Å². The fourth-order valence-corrected chi connectivity index (χ4v) is 25.2. The Labute approximate surface area is 711 Å². The first-order valence-corrected chi connectivity index (χ1v) is 46.7. The molecule has 8 atom stereocenters. The van der Waals surface area contributed by atoms with E-state index in [2.05, 4.69) is 181 Å². The van der Waals surface area contributed by atoms with Gasteiger partial charge in [-0.15, -0.1) is 0 Å². The summed E-state index contributed by atoms with van der Waals surface area (Å²) in [5.41, 5.74) is 13.1. The predicted octanol–water partition coefficient (Wildman–Crippen LogP) is 16.9. The van der Waals surface area contributed by atoms with Crippen LogP contribution < -0.4 is 0 Å². The number of fused-ring (bicyclic) bond motifs is 4. The molecule has 31 heteroatoms. The molecule has 12 heterocycles. The number of nitrogens with one attached hydrogen (secondary N) is 4. The highest BCUT2D eigenvalue weighted by atomic mass is 32.2. The van der Waals surface area contributed by atoms with Crippen molar-refractivity contribution in [1.29, 1.82) is 0 Å². The van der Waals surface area contributed by atoms with E-state index in [-0.39, 0.29) is 62.5 Å². The van der Waals surface area contributed by atoms with Crippen molar-refractivity contribution in [2.45, 2.75) is 123 Å². The topological polar surface area (TPSA) is 284 Å². The van der Waals surface area contributed by atoms with Crippen LogP contribution in [0.25, 0.3) is 88.1 Å². The highest BCUT2D eigenvalue weighted by molar-refractivity contribution is 7.90. The third-order valence-electron chi connectivity index (χ3n) is 24.2. The Morgan fingerprint density at radius 3 is 0.829 bits per heavy atom. The van der Waals surface area contributed by atoms with E-state index in [0.29, 0.717) is 31.1 Å². The van der Waals surface area contributed by atoms with Crippen molar-refractivity contribution in [1.82, 2.24) is 76.3 Å². The quantitative estimate of drug-likeness (QED) is 0.0554. The minimum absolute atomic E-state index is 0.00488. The number of H-pyrrole nitrogens is 4. The highest BCUT2D eigenvalue weighted by Crippen LogP contribution is 2.39. The summed E-state index contributed by atoms with van der Waals surface area (Å²) in [6.45, 7) is 12.6. The summed E-state index contributed by atoms with van der Waals surface area (Å²) in [6, 6.07) is 57.6. The normalized spacial score (nSPS) is 20.0. The van der Waals surface area contributed by atoms with Crippen molar-refractivity contribution in [3.63, 3.8) is 0 Å². The van der Waals surface area contributed by atoms with Crippen LogP contribution in [0.2, 0.25) is 0 Å². The lowest BCUT2D eigenvalue weighted by Crippen LogP contribution is -2.34. The molecule has 8 aromatic heterocycles. The first-order chi connectivity index (χ1) is 59.3. The molecular weight excluding hydrogens is 1640 g/mol. The number of halogens is 3. The molecule has 123 heavy (non-hydrogen) atoms. The number of sulfonamides is 4. The number of benzene rings is 8. The second-order valence-corrected chi connectivity index (χ2v) is 40.3. The van der Waals surface area contributed by atoms with Crippen molar-refractivity contribution < 1.29 is 46.8 Å². The summed E-state index contributed by atoms with van der Waals surface area (Å²) in [6.07, 6.45) is 26.1. The molecule has 8 aromatic carbocycles. The van der Waals surface area contributed by atoms with Gasteiger partial charge in [-0.2, -0.15) is 37.6 Å². The van der Waals surface area contributed by atoms with Gasteiger partial charge in [-0.05, 0) is 245 Å². The van der Waals surface area contributed by atoms with Crippen molar-refractivity contribution in [2.75, 3.05) is 26.2 Å². The van der Waals surface area contributed by atoms with E-state index in [9.17, 15) is 46.8 Å². The van der Waals surface area contributed by atoms with Crippen molar-refractivity contribution in [3.8, 4) is 44.5 Å². The second-order valence-electron chi connectivity index (χ2n) is 32.7. The van der Waals surface area contributed by atoms with Gasteiger partial charge in [-0.1, -0.05) is 54.6 Å². The molecule has 20 rings (SSSR count). The van der Waals surface area contributed by atoms with Gasteiger partial charge in [0.2, 0.25) is 40.1 Å². The average molecular weight is 1740 g/mol. The largest absolute Gasteiger partial charge is 0.347 e. The summed E-state index contributed by atoms with van der Waals surface area (Å²) in [5.74, 6) is -0.681. The van der Waals surface area contributed by atoms with Gasteiger partial charge in [-0.3, -0.25) is 20.4 Å². The molecule has 0 radical (unpaired) electrons. The van der Waals surface area contributed by atoms with Gasteiger partial charge in [0.1, 0.15) is 17.5 Å². The van der Waals surface area contributed by atoms with Crippen LogP contribution >= 0.6 is 0 Å². The van der Waals surface area contributed by atoms with Crippen LogP contribution in [-0.4, -0.2) is 160 Å². The lowest BCUT2D eigenvalue weighted by atomic mass is 10.1. The van der Waals surface area contributed by atoms with Gasteiger partial charge in [0, 0.05) is 192 Å². The Kier molecular flexibility index (Phi) is 23.6. The van der Waals surface area contributed by atoms with Crippen LogP contribution in [0.3, 0.4) is 0 Å². The highest BCUT2D eigenvalue weighted by Gasteiger charge is 2.42. The summed E-state index contributed by atoms with van der Waals surface area (Å²) < 4.78 is 160. The van der Waals surface area contributed by atoms with Gasteiger partial charge in [0.05, 0.1) is 44.4 Å². The minimum Gasteiger partial charge on any atom is -0.347 e. The maximum absolute atomic E-state index is 13.6. The molecule has 4 saturated heterocycles. The van der Waals surface area contributed by atoms with Gasteiger partial charge in [0.25, 0.3) is 0 Å². The smallest absolute Gasteiger partial charge is 0.243 e. The SMILES string of the molecule is C[C@@H]1CC(Cn2ccc3cc(-c4cn[nH]c4)ccc32)CN1S(=O)(=O)c1ccc(F)cc1.C[C@@H]1CC(Cn2ccc3cc(-c4cn[nH]c4)ccc32)CN1S(=O)(=O)c1cccc(F)c1.C[C@H]1CC(Cn2ccc3cc(-c4cn[nH]c4)ccc32)CN1S(=O)(=O)c1cccc(F)c1.C[C@H]1CC(Cn2ccc3cc(-c4cn[nH]c4)ccc32)CN1S(=O)(=O)c1ccccc1. The van der Waals surface area contributed by atoms with Crippen LogP contribution in [0, 0.1) is 41.1 Å². The number of hydrogen-bond acceptors (Lipinski definition) is 12. The molecule has 0 bridgehead atoms. The molecule has 0 saturated carbocycles. The first kappa shape index (κ1) is 83.5. The number of aromatic nitrogens is 12. The van der Waals surface area contributed by atoms with E-state index in [1.165, 1.54) is 80.2 Å². The van der Waals surface area contributed by atoms with E-state index < -0.39 is 57.5 Å². The van der Waals surface area contributed by atoms with E-state index in [1.54, 1.807) is 51.5 Å². The van der Waals surface area contributed by atoms with Gasteiger partial charge in [-0.25, -0.2) is 46.8 Å². The van der Waals surface area contributed by atoms with Gasteiger partial charge < -0.3 is 18.3 Å². The van der Waals surface area contributed by atoms with Crippen molar-refractivity contribution in [3.05, 3.63) is 292 Å². The zero-order valence-electron chi connectivity index (χ0n) is 68.0. The molecule has 4 N–H and O–H groups in total. The zero-order valence-corrected chi connectivity index (χ0v) is 71.3. The summed E-state index contributed by atoms with van der Waals surface area (Å²) in [4.78, 5) is 0.534. The fraction of sp³-hybridized carbons (Fsp3) is 0.261. The van der Waals surface area contributed by atoms with Gasteiger partial charge >= 0.3 is 0 Å². The third kappa shape index (κ3) is 17.7. The molecule has 4 fully saturated rings. The van der Waals surface area contributed by atoms with Crippen LogP contribution in [0.5, 0.6) is 0 Å². The average Bonchev–Trinajstić information content (AvgIpc) is 1.65. The first-order valence-electron chi connectivity index (χ1n) is 41.0. The Balaban J connectivity index is 0.000000116. The Morgan fingerprint density at radius 1 is 0.293 bits per heavy atom. The summed E-state index contributed by atoms with van der Waals surface area (Å²) >= 11 is 0. The Morgan fingerprint density at radius 2 is 0.561 bits per heavy atom. The van der Waals surface area contributed by atoms with E-state index in [1.807, 2.05) is 64.7 Å². The Bertz CT molecular complexity index is 6680. The number of nitrogens with zero attached hydrogens (tertiary/aromatic N) is 12. The van der Waals surface area contributed by atoms with Crippen molar-refractivity contribution in [2.24, 2.45) is 23.7 Å². The molecule has 4 aliphatic rings. The maximum Gasteiger partial charge on any atom is 0.243 e. The predicted molar refractivity (Wildman–Crippen MR) is 470 cm³/mol. The van der Waals surface area contributed by atoms with E-state index in [4.69, 9.17) is 0 Å². The molecule has 16 aromatic rings. The summed E-state index contributed by atoms with van der Waals surface area (Å²) in [7, 11) is -14.5. The molecule has 0 spiro atoms. The lowest BCUT2D eigenvalue weighted by molar-refractivity contribution is 0.399. The van der Waals surface area contributed by atoms with Crippen LogP contribution in [0.15, 0.2) is 294 Å². The number of rotatable bonds is 20. The minimum atomic E-state index is -3.72. The maximum atomic E-state index is 13.6. The Hall–Kier alpha value is -11.8. The van der Waals surface area contributed by atoms with Crippen LogP contribution in [0.4, 0.5) is 13.2 Å². The molecular formula is C92H93F3N16O8S4. The molecule has 0 aliphatic carbocycles. The third-order valence-corrected chi connectivity index (χ3v) is 32.2. The molecule has 634 valence electrons.